The Morgan fingerprint density at radius 1 is 1.10 bits per heavy atom. The molecule has 4 aromatic rings. The van der Waals surface area contributed by atoms with E-state index in [-0.39, 0.29) is 0 Å². The van der Waals surface area contributed by atoms with Crippen LogP contribution in [0.1, 0.15) is 5.56 Å². The first-order chi connectivity index (χ1) is 14.2. The van der Waals surface area contributed by atoms with Gasteiger partial charge in [-0.25, -0.2) is 9.78 Å². The van der Waals surface area contributed by atoms with E-state index in [2.05, 4.69) is 15.5 Å². The predicted octanol–water partition coefficient (Wildman–Crippen LogP) is 4.38. The topological polar surface area (TPSA) is 86.0 Å². The van der Waals surface area contributed by atoms with E-state index >= 15 is 0 Å². The molecule has 0 amide bonds. The Balaban J connectivity index is 1.52. The minimum absolute atomic E-state index is 0.414. The smallest absolute Gasteiger partial charge is 0.345 e. The number of hydrogen-bond acceptors (Lipinski definition) is 8. The Kier molecular flexibility index (Phi) is 5.26. The van der Waals surface area contributed by atoms with Gasteiger partial charge in [-0.3, -0.25) is 5.43 Å². The number of nitrogens with zero attached hydrogens (tertiary/aromatic N) is 2. The van der Waals surface area contributed by atoms with E-state index < -0.39 is 5.63 Å². The van der Waals surface area contributed by atoms with Gasteiger partial charge >= 0.3 is 5.63 Å². The van der Waals surface area contributed by atoms with Gasteiger partial charge in [-0.1, -0.05) is 18.2 Å². The quantitative estimate of drug-likeness (QED) is 0.290. The number of para-hydroxylation sites is 1. The molecule has 0 saturated carbocycles. The third kappa shape index (κ3) is 3.97. The number of fused-ring (bicyclic) bond motifs is 1. The number of thiazole rings is 1. The van der Waals surface area contributed by atoms with Gasteiger partial charge in [-0.05, 0) is 35.9 Å². The monoisotopic (exact) mass is 407 g/mol. The summed E-state index contributed by atoms with van der Waals surface area (Å²) in [7, 11) is 3.17. The Bertz CT molecular complexity index is 1250. The first-order valence-electron chi connectivity index (χ1n) is 8.68. The highest BCUT2D eigenvalue weighted by Crippen LogP contribution is 2.27. The molecule has 8 heteroatoms. The second-order valence-corrected chi connectivity index (χ2v) is 6.87. The van der Waals surface area contributed by atoms with Gasteiger partial charge in [0.2, 0.25) is 5.13 Å². The third-order valence-corrected chi connectivity index (χ3v) is 4.95. The minimum Gasteiger partial charge on any atom is -0.493 e. The van der Waals surface area contributed by atoms with Crippen molar-refractivity contribution < 1.29 is 13.9 Å². The summed E-state index contributed by atoms with van der Waals surface area (Å²) in [4.78, 5) is 16.7. The van der Waals surface area contributed by atoms with Gasteiger partial charge in [0.25, 0.3) is 0 Å². The summed E-state index contributed by atoms with van der Waals surface area (Å²) in [5.74, 6) is 1.27. The van der Waals surface area contributed by atoms with E-state index in [0.29, 0.717) is 33.5 Å². The van der Waals surface area contributed by atoms with Crippen LogP contribution in [0, 0.1) is 0 Å². The lowest BCUT2D eigenvalue weighted by Crippen LogP contribution is -2.02. The molecule has 1 N–H and O–H groups in total. The molecule has 0 unspecified atom stereocenters. The molecule has 0 fully saturated rings. The molecular formula is C21H17N3O4S. The zero-order chi connectivity index (χ0) is 20.2. The first-order valence-corrected chi connectivity index (χ1v) is 9.56. The lowest BCUT2D eigenvalue weighted by molar-refractivity contribution is 0.355. The van der Waals surface area contributed by atoms with Crippen LogP contribution >= 0.6 is 11.3 Å². The van der Waals surface area contributed by atoms with Crippen LogP contribution in [0.4, 0.5) is 5.13 Å². The Hall–Kier alpha value is -3.65. The molecule has 0 atom stereocenters. The molecule has 0 aliphatic rings. The summed E-state index contributed by atoms with van der Waals surface area (Å²) >= 11 is 1.35. The summed E-state index contributed by atoms with van der Waals surface area (Å²) in [5, 5.41) is 7.39. The highest BCUT2D eigenvalue weighted by molar-refractivity contribution is 7.14. The highest BCUT2D eigenvalue weighted by atomic mass is 32.1. The number of aromatic nitrogens is 1. The number of benzene rings is 2. The van der Waals surface area contributed by atoms with E-state index in [1.807, 2.05) is 30.3 Å². The molecule has 0 aliphatic heterocycles. The van der Waals surface area contributed by atoms with E-state index in [9.17, 15) is 4.79 Å². The molecule has 0 spiro atoms. The molecule has 0 bridgehead atoms. The molecule has 2 aromatic heterocycles. The van der Waals surface area contributed by atoms with Crippen molar-refractivity contribution in [2.45, 2.75) is 0 Å². The summed E-state index contributed by atoms with van der Waals surface area (Å²) in [6.45, 7) is 0. The van der Waals surface area contributed by atoms with Gasteiger partial charge in [0.15, 0.2) is 11.5 Å². The lowest BCUT2D eigenvalue weighted by Gasteiger charge is -2.07. The van der Waals surface area contributed by atoms with Gasteiger partial charge in [0.1, 0.15) is 5.58 Å². The number of methoxy groups -OCH3 is 2. The standard InChI is InChI=1S/C21H17N3O4S/c1-26-18-8-7-13(9-19(18)27-2)11-22-24-21-23-16(12-29-21)15-10-14-5-3-4-6-17(14)28-20(15)25/h3-12H,1-2H3,(H,23,24)/b22-11+. The Morgan fingerprint density at radius 3 is 2.76 bits per heavy atom. The third-order valence-electron chi connectivity index (χ3n) is 4.20. The number of anilines is 1. The van der Waals surface area contributed by atoms with E-state index in [0.717, 1.165) is 10.9 Å². The van der Waals surface area contributed by atoms with Crippen LogP contribution in [0.2, 0.25) is 0 Å². The average Bonchev–Trinajstić information content (AvgIpc) is 3.21. The fourth-order valence-electron chi connectivity index (χ4n) is 2.78. The summed E-state index contributed by atoms with van der Waals surface area (Å²) in [5.41, 5.74) is 4.80. The SMILES string of the molecule is COc1ccc(/C=N/Nc2nc(-c3cc4ccccc4oc3=O)cs2)cc1OC. The van der Waals surface area contributed by atoms with Gasteiger partial charge in [-0.15, -0.1) is 11.3 Å². The number of hydrazone groups is 1. The van der Waals surface area contributed by atoms with Crippen molar-refractivity contribution >= 4 is 33.7 Å². The maximum atomic E-state index is 12.3. The second-order valence-electron chi connectivity index (χ2n) is 6.01. The van der Waals surface area contributed by atoms with E-state index in [4.69, 9.17) is 13.9 Å². The maximum Gasteiger partial charge on any atom is 0.345 e. The number of ether oxygens (including phenoxy) is 2. The predicted molar refractivity (Wildman–Crippen MR) is 114 cm³/mol. The van der Waals surface area contributed by atoms with Gasteiger partial charge in [0, 0.05) is 10.8 Å². The molecule has 146 valence electrons. The molecule has 7 nitrogen and oxygen atoms in total. The number of hydrogen-bond donors (Lipinski definition) is 1. The summed E-state index contributed by atoms with van der Waals surface area (Å²) < 4.78 is 15.9. The molecule has 4 rings (SSSR count). The molecule has 2 heterocycles. The largest absolute Gasteiger partial charge is 0.493 e. The fraction of sp³-hybridized carbons (Fsp3) is 0.0952. The van der Waals surface area contributed by atoms with Crippen molar-refractivity contribution in [3.05, 3.63) is 69.9 Å². The van der Waals surface area contributed by atoms with Gasteiger partial charge < -0.3 is 13.9 Å². The second kappa shape index (κ2) is 8.15. The fourth-order valence-corrected chi connectivity index (χ4v) is 3.44. The lowest BCUT2D eigenvalue weighted by atomic mass is 10.1. The van der Waals surface area contributed by atoms with E-state index in [1.165, 1.54) is 11.3 Å². The molecular weight excluding hydrogens is 390 g/mol. The van der Waals surface area contributed by atoms with Crippen molar-refractivity contribution in [3.8, 4) is 22.8 Å². The molecule has 0 aliphatic carbocycles. The van der Waals surface area contributed by atoms with Gasteiger partial charge in [0.05, 0.1) is 31.7 Å². The van der Waals surface area contributed by atoms with Crippen LogP contribution in [-0.4, -0.2) is 25.4 Å². The van der Waals surface area contributed by atoms with Crippen molar-refractivity contribution in [1.82, 2.24) is 4.98 Å². The molecule has 0 saturated heterocycles. The highest BCUT2D eigenvalue weighted by Gasteiger charge is 2.11. The van der Waals surface area contributed by atoms with Crippen LogP contribution in [0.25, 0.3) is 22.2 Å². The van der Waals surface area contributed by atoms with Crippen LogP contribution in [0.3, 0.4) is 0 Å². The van der Waals surface area contributed by atoms with Crippen LogP contribution in [0.15, 0.2) is 68.2 Å². The molecule has 0 radical (unpaired) electrons. The number of rotatable bonds is 6. The maximum absolute atomic E-state index is 12.3. The molecule has 2 aromatic carbocycles. The van der Waals surface area contributed by atoms with Crippen molar-refractivity contribution in [3.63, 3.8) is 0 Å². The summed E-state index contributed by atoms with van der Waals surface area (Å²) in [6.07, 6.45) is 1.65. The zero-order valence-electron chi connectivity index (χ0n) is 15.7. The normalized spacial score (nSPS) is 11.1. The van der Waals surface area contributed by atoms with Crippen molar-refractivity contribution in [2.75, 3.05) is 19.6 Å². The first kappa shape index (κ1) is 18.7. The van der Waals surface area contributed by atoms with Gasteiger partial charge in [-0.2, -0.15) is 5.10 Å². The molecule has 29 heavy (non-hydrogen) atoms. The van der Waals surface area contributed by atoms with Crippen molar-refractivity contribution in [2.24, 2.45) is 5.10 Å². The summed E-state index contributed by atoms with van der Waals surface area (Å²) in [6, 6.07) is 14.6. The Morgan fingerprint density at radius 2 is 1.93 bits per heavy atom. The average molecular weight is 407 g/mol. The van der Waals surface area contributed by atoms with Crippen LogP contribution in [0.5, 0.6) is 11.5 Å². The minimum atomic E-state index is -0.422. The van der Waals surface area contributed by atoms with Crippen LogP contribution < -0.4 is 20.5 Å². The Labute approximate surface area is 170 Å². The zero-order valence-corrected chi connectivity index (χ0v) is 16.5. The number of nitrogens with one attached hydrogen (secondary N) is 1. The van der Waals surface area contributed by atoms with Crippen molar-refractivity contribution in [1.29, 1.82) is 0 Å². The van der Waals surface area contributed by atoms with E-state index in [1.54, 1.807) is 44.0 Å². The van der Waals surface area contributed by atoms with Crippen LogP contribution in [-0.2, 0) is 0 Å².